The van der Waals surface area contributed by atoms with E-state index in [1.165, 1.54) is 75.5 Å². The molecule has 0 saturated heterocycles. The van der Waals surface area contributed by atoms with E-state index in [4.69, 9.17) is 9.47 Å². The zero-order chi connectivity index (χ0) is 27.7. The second-order valence-corrected chi connectivity index (χ2v) is 11.5. The van der Waals surface area contributed by atoms with E-state index in [2.05, 4.69) is 35.4 Å². The van der Waals surface area contributed by atoms with Gasteiger partial charge in [0.05, 0.1) is 18.6 Å². The lowest BCUT2D eigenvalue weighted by Crippen LogP contribution is -3.00. The van der Waals surface area contributed by atoms with Gasteiger partial charge < -0.3 is 31.8 Å². The average Bonchev–Trinajstić information content (AvgIpc) is 3.36. The number of carbonyl (C=O) groups is 1. The first-order valence-electron chi connectivity index (χ1n) is 14.7. The Kier molecular flexibility index (Phi) is 16.6. The summed E-state index contributed by atoms with van der Waals surface area (Å²) in [5, 5.41) is 2.99. The molecule has 0 spiro atoms. The molecule has 0 bridgehead atoms. The lowest BCUT2D eigenvalue weighted by atomic mass is 10.1. The molecular formula is C33H47BrN2O3S. The highest BCUT2D eigenvalue weighted by Gasteiger charge is 2.11. The third-order valence-corrected chi connectivity index (χ3v) is 7.83. The quantitative estimate of drug-likeness (QED) is 0.136. The van der Waals surface area contributed by atoms with Gasteiger partial charge in [0.1, 0.15) is 0 Å². The predicted molar refractivity (Wildman–Crippen MR) is 162 cm³/mol. The van der Waals surface area contributed by atoms with E-state index in [0.29, 0.717) is 29.4 Å². The van der Waals surface area contributed by atoms with Crippen LogP contribution in [0, 0.1) is 6.92 Å². The largest absolute Gasteiger partial charge is 1.00 e. The standard InChI is InChI=1S/C33H46N2O3S.BrH/c1-4-5-6-7-8-9-10-11-12-13-14-15-22-38-32-23-30(20-21-31(32)37-3)34-33(36)29-18-16-28(17-19-29)25-35-24-27(2)39-26-35;/h16-21,23-24,26H,4-15,22,25H2,1-3H3;1H. The molecule has 7 heteroatoms. The molecule has 1 N–H and O–H groups in total. The number of hydrogen-bond acceptors (Lipinski definition) is 4. The average molecular weight is 632 g/mol. The van der Waals surface area contributed by atoms with Gasteiger partial charge in [0, 0.05) is 22.9 Å². The van der Waals surface area contributed by atoms with Crippen molar-refractivity contribution in [1.29, 1.82) is 0 Å². The molecule has 220 valence electrons. The molecule has 0 aliphatic carbocycles. The molecule has 0 aliphatic heterocycles. The fourth-order valence-corrected chi connectivity index (χ4v) is 5.33. The van der Waals surface area contributed by atoms with Gasteiger partial charge in [-0.3, -0.25) is 4.79 Å². The van der Waals surface area contributed by atoms with Gasteiger partial charge in [0.2, 0.25) is 5.51 Å². The van der Waals surface area contributed by atoms with Crippen LogP contribution in [0.1, 0.15) is 105 Å². The highest BCUT2D eigenvalue weighted by molar-refractivity contribution is 7.09. The number of benzene rings is 2. The maximum atomic E-state index is 12.9. The molecule has 1 amide bonds. The number of carbonyl (C=O) groups excluding carboxylic acids is 1. The number of unbranched alkanes of at least 4 members (excludes halogenated alkanes) is 11. The van der Waals surface area contributed by atoms with E-state index < -0.39 is 0 Å². The van der Waals surface area contributed by atoms with E-state index >= 15 is 0 Å². The minimum Gasteiger partial charge on any atom is -1.00 e. The number of thiazole rings is 1. The van der Waals surface area contributed by atoms with Crippen molar-refractivity contribution in [2.75, 3.05) is 19.0 Å². The molecule has 0 atom stereocenters. The van der Waals surface area contributed by atoms with Crippen LogP contribution in [0.3, 0.4) is 0 Å². The summed E-state index contributed by atoms with van der Waals surface area (Å²) in [7, 11) is 1.64. The van der Waals surface area contributed by atoms with Crippen molar-refractivity contribution in [1.82, 2.24) is 0 Å². The maximum absolute atomic E-state index is 12.9. The number of nitrogens with one attached hydrogen (secondary N) is 1. The third kappa shape index (κ3) is 12.4. The van der Waals surface area contributed by atoms with Crippen molar-refractivity contribution in [3.8, 4) is 11.5 Å². The number of hydrogen-bond donors (Lipinski definition) is 1. The van der Waals surface area contributed by atoms with Crippen LogP contribution in [0.25, 0.3) is 0 Å². The Morgan fingerprint density at radius 1 is 0.850 bits per heavy atom. The van der Waals surface area contributed by atoms with Crippen LogP contribution in [-0.4, -0.2) is 19.6 Å². The monoisotopic (exact) mass is 630 g/mol. The second kappa shape index (κ2) is 19.7. The summed E-state index contributed by atoms with van der Waals surface area (Å²) in [6.45, 7) is 5.82. The Morgan fingerprint density at radius 3 is 2.05 bits per heavy atom. The summed E-state index contributed by atoms with van der Waals surface area (Å²) in [6.07, 6.45) is 17.9. The summed E-state index contributed by atoms with van der Waals surface area (Å²) in [5.41, 5.74) is 4.59. The predicted octanol–water partition coefficient (Wildman–Crippen LogP) is 5.74. The van der Waals surface area contributed by atoms with Crippen LogP contribution in [0.15, 0.2) is 54.2 Å². The molecule has 0 aliphatic rings. The van der Waals surface area contributed by atoms with Crippen LogP contribution >= 0.6 is 11.3 Å². The first-order chi connectivity index (χ1) is 19.1. The first-order valence-corrected chi connectivity index (χ1v) is 15.6. The van der Waals surface area contributed by atoms with E-state index in [0.717, 1.165) is 18.5 Å². The summed E-state index contributed by atoms with van der Waals surface area (Å²) in [4.78, 5) is 14.1. The lowest BCUT2D eigenvalue weighted by Gasteiger charge is -2.13. The van der Waals surface area contributed by atoms with Gasteiger partial charge in [-0.1, -0.05) is 101 Å². The number of aromatic nitrogens is 1. The van der Waals surface area contributed by atoms with Crippen LogP contribution in [0.4, 0.5) is 5.69 Å². The highest BCUT2D eigenvalue weighted by Crippen LogP contribution is 2.30. The van der Waals surface area contributed by atoms with Gasteiger partial charge in [-0.05, 0) is 37.6 Å². The van der Waals surface area contributed by atoms with E-state index in [-0.39, 0.29) is 22.9 Å². The highest BCUT2D eigenvalue weighted by atomic mass is 79.9. The number of amides is 1. The number of anilines is 1. The van der Waals surface area contributed by atoms with Crippen molar-refractivity contribution >= 4 is 22.9 Å². The van der Waals surface area contributed by atoms with Crippen molar-refractivity contribution in [3.05, 3.63) is 70.2 Å². The molecule has 0 saturated carbocycles. The van der Waals surface area contributed by atoms with Gasteiger partial charge in [-0.2, -0.15) is 4.57 Å². The summed E-state index contributed by atoms with van der Waals surface area (Å²) >= 11 is 1.73. The number of rotatable bonds is 19. The zero-order valence-corrected chi connectivity index (χ0v) is 27.0. The van der Waals surface area contributed by atoms with Crippen LogP contribution in [0.2, 0.25) is 0 Å². The number of nitrogens with zero attached hydrogens (tertiary/aromatic N) is 1. The molecule has 1 heterocycles. The minimum atomic E-state index is -0.141. The summed E-state index contributed by atoms with van der Waals surface area (Å²) in [5.74, 6) is 1.20. The van der Waals surface area contributed by atoms with Crippen molar-refractivity contribution in [2.45, 2.75) is 97.4 Å². The third-order valence-electron chi connectivity index (χ3n) is 6.98. The Hall–Kier alpha value is -2.38. The van der Waals surface area contributed by atoms with Gasteiger partial charge in [-0.25, -0.2) is 0 Å². The van der Waals surface area contributed by atoms with Crippen LogP contribution in [-0.2, 0) is 6.54 Å². The van der Waals surface area contributed by atoms with Crippen molar-refractivity contribution in [3.63, 3.8) is 0 Å². The summed E-state index contributed by atoms with van der Waals surface area (Å²) < 4.78 is 13.7. The molecule has 1 aromatic heterocycles. The smallest absolute Gasteiger partial charge is 0.255 e. The minimum absolute atomic E-state index is 0. The van der Waals surface area contributed by atoms with Gasteiger partial charge in [0.15, 0.2) is 24.2 Å². The van der Waals surface area contributed by atoms with E-state index in [9.17, 15) is 4.79 Å². The van der Waals surface area contributed by atoms with E-state index in [1.807, 2.05) is 42.5 Å². The molecule has 2 aromatic carbocycles. The maximum Gasteiger partial charge on any atom is 0.255 e. The number of aryl methyl sites for hydroxylation is 1. The molecule has 0 unspecified atom stereocenters. The Bertz CT molecular complexity index is 1120. The Morgan fingerprint density at radius 2 is 1.48 bits per heavy atom. The molecule has 0 fully saturated rings. The molecule has 5 nitrogen and oxygen atoms in total. The SMILES string of the molecule is CCCCCCCCCCCCCCOc1cc(NC(=O)c2ccc(C[n+]3csc(C)c3)cc2)ccc1OC.[Br-]. The molecule has 3 rings (SSSR count). The van der Waals surface area contributed by atoms with Crippen molar-refractivity contribution in [2.24, 2.45) is 0 Å². The molecule has 40 heavy (non-hydrogen) atoms. The molecule has 3 aromatic rings. The fraction of sp³-hybridized carbons (Fsp3) is 0.515. The second-order valence-electron chi connectivity index (χ2n) is 10.4. The number of halogens is 1. The van der Waals surface area contributed by atoms with Gasteiger partial charge in [0.25, 0.3) is 5.91 Å². The fourth-order valence-electron chi connectivity index (χ4n) is 4.70. The number of ether oxygens (including phenoxy) is 2. The molecule has 0 radical (unpaired) electrons. The zero-order valence-electron chi connectivity index (χ0n) is 24.6. The Balaban J connectivity index is 0.00000560. The van der Waals surface area contributed by atoms with Crippen LogP contribution in [0.5, 0.6) is 11.5 Å². The van der Waals surface area contributed by atoms with E-state index in [1.54, 1.807) is 18.4 Å². The normalized spacial score (nSPS) is 10.7. The van der Waals surface area contributed by atoms with Crippen LogP contribution < -0.4 is 36.3 Å². The summed E-state index contributed by atoms with van der Waals surface area (Å²) in [6, 6.07) is 13.3. The topological polar surface area (TPSA) is 51.4 Å². The molecular weight excluding hydrogens is 584 g/mol. The van der Waals surface area contributed by atoms with Gasteiger partial charge >= 0.3 is 0 Å². The number of methoxy groups -OCH3 is 1. The Labute approximate surface area is 256 Å². The van der Waals surface area contributed by atoms with Gasteiger partial charge in [-0.15, -0.1) is 0 Å². The lowest BCUT2D eigenvalue weighted by molar-refractivity contribution is -0.683. The van der Waals surface area contributed by atoms with Crippen molar-refractivity contribution < 1.29 is 35.8 Å². The first kappa shape index (κ1) is 33.8.